The highest BCUT2D eigenvalue weighted by Gasteiger charge is 2.06. The van der Waals surface area contributed by atoms with Crippen molar-refractivity contribution in [2.75, 3.05) is 7.11 Å². The SMILES string of the molecule is COc1ccc(C)cc1CC1=CCC=C1. The van der Waals surface area contributed by atoms with Crippen molar-refractivity contribution in [2.45, 2.75) is 19.8 Å². The van der Waals surface area contributed by atoms with E-state index in [1.54, 1.807) is 7.11 Å². The minimum Gasteiger partial charge on any atom is -0.496 e. The van der Waals surface area contributed by atoms with Crippen LogP contribution >= 0.6 is 0 Å². The summed E-state index contributed by atoms with van der Waals surface area (Å²) in [5.74, 6) is 0.988. The van der Waals surface area contributed by atoms with Crippen LogP contribution in [-0.4, -0.2) is 7.11 Å². The summed E-state index contributed by atoms with van der Waals surface area (Å²) >= 11 is 0. The normalized spacial score (nSPS) is 14.1. The van der Waals surface area contributed by atoms with Gasteiger partial charge < -0.3 is 4.74 Å². The monoisotopic (exact) mass is 200 g/mol. The first-order valence-electron chi connectivity index (χ1n) is 5.28. The van der Waals surface area contributed by atoms with Gasteiger partial charge in [0.1, 0.15) is 5.75 Å². The van der Waals surface area contributed by atoms with Crippen molar-refractivity contribution in [1.82, 2.24) is 0 Å². The summed E-state index contributed by atoms with van der Waals surface area (Å²) in [7, 11) is 1.73. The summed E-state index contributed by atoms with van der Waals surface area (Å²) < 4.78 is 5.36. The first-order valence-corrected chi connectivity index (χ1v) is 5.28. The lowest BCUT2D eigenvalue weighted by molar-refractivity contribution is 0.410. The van der Waals surface area contributed by atoms with Crippen LogP contribution in [0.5, 0.6) is 5.75 Å². The third-order valence-electron chi connectivity index (χ3n) is 2.68. The van der Waals surface area contributed by atoms with Gasteiger partial charge in [-0.3, -0.25) is 0 Å². The summed E-state index contributed by atoms with van der Waals surface area (Å²) in [5.41, 5.74) is 3.95. The molecule has 1 heteroatoms. The van der Waals surface area contributed by atoms with Crippen LogP contribution in [0.3, 0.4) is 0 Å². The minimum atomic E-state index is 0.974. The van der Waals surface area contributed by atoms with E-state index in [1.807, 2.05) is 6.07 Å². The van der Waals surface area contributed by atoms with E-state index in [9.17, 15) is 0 Å². The highest BCUT2D eigenvalue weighted by atomic mass is 16.5. The van der Waals surface area contributed by atoms with Crippen molar-refractivity contribution >= 4 is 0 Å². The highest BCUT2D eigenvalue weighted by Crippen LogP contribution is 2.24. The molecule has 0 heterocycles. The van der Waals surface area contributed by atoms with Crippen molar-refractivity contribution in [1.29, 1.82) is 0 Å². The highest BCUT2D eigenvalue weighted by molar-refractivity contribution is 5.42. The number of benzene rings is 1. The van der Waals surface area contributed by atoms with Crippen molar-refractivity contribution in [3.63, 3.8) is 0 Å². The number of rotatable bonds is 3. The van der Waals surface area contributed by atoms with Crippen molar-refractivity contribution in [2.24, 2.45) is 0 Å². The largest absolute Gasteiger partial charge is 0.496 e. The molecule has 2 rings (SSSR count). The van der Waals surface area contributed by atoms with Gasteiger partial charge in [-0.15, -0.1) is 0 Å². The first-order chi connectivity index (χ1) is 7.29. The average molecular weight is 200 g/mol. The molecule has 0 aromatic heterocycles. The van der Waals surface area contributed by atoms with Crippen LogP contribution in [0.2, 0.25) is 0 Å². The standard InChI is InChI=1S/C14H16O/c1-11-7-8-14(15-2)13(9-11)10-12-5-3-4-6-12/h3,5-9H,4,10H2,1-2H3. The molecule has 1 aromatic rings. The Balaban J connectivity index is 2.25. The lowest BCUT2D eigenvalue weighted by Gasteiger charge is -2.09. The number of aryl methyl sites for hydroxylation is 1. The van der Waals surface area contributed by atoms with Crippen LogP contribution in [0.25, 0.3) is 0 Å². The molecule has 0 spiro atoms. The fraction of sp³-hybridized carbons (Fsp3) is 0.286. The molecule has 0 aliphatic heterocycles. The van der Waals surface area contributed by atoms with Gasteiger partial charge in [0.2, 0.25) is 0 Å². The Bertz CT molecular complexity index is 413. The molecule has 1 aliphatic carbocycles. The fourth-order valence-electron chi connectivity index (χ4n) is 1.90. The van der Waals surface area contributed by atoms with E-state index in [2.05, 4.69) is 37.3 Å². The molecule has 1 aromatic carbocycles. The molecule has 0 saturated carbocycles. The maximum atomic E-state index is 5.36. The molecule has 78 valence electrons. The second kappa shape index (κ2) is 4.35. The quantitative estimate of drug-likeness (QED) is 0.726. The minimum absolute atomic E-state index is 0.974. The number of methoxy groups -OCH3 is 1. The molecule has 0 fully saturated rings. The molecule has 0 amide bonds. The molecule has 15 heavy (non-hydrogen) atoms. The third-order valence-corrected chi connectivity index (χ3v) is 2.68. The van der Waals surface area contributed by atoms with E-state index in [0.717, 1.165) is 18.6 Å². The molecule has 1 aliphatic rings. The molecule has 0 N–H and O–H groups in total. The Labute approximate surface area is 91.1 Å². The topological polar surface area (TPSA) is 9.23 Å². The second-order valence-electron chi connectivity index (χ2n) is 3.91. The Morgan fingerprint density at radius 3 is 2.87 bits per heavy atom. The van der Waals surface area contributed by atoms with Crippen LogP contribution < -0.4 is 4.74 Å². The molecule has 0 atom stereocenters. The van der Waals surface area contributed by atoms with Crippen LogP contribution in [0.1, 0.15) is 17.5 Å². The number of allylic oxidation sites excluding steroid dienone is 4. The molecule has 0 saturated heterocycles. The Kier molecular flexibility index (Phi) is 2.91. The second-order valence-corrected chi connectivity index (χ2v) is 3.91. The molecule has 0 radical (unpaired) electrons. The zero-order valence-electron chi connectivity index (χ0n) is 9.29. The van der Waals surface area contributed by atoms with Gasteiger partial charge in [-0.25, -0.2) is 0 Å². The fourth-order valence-corrected chi connectivity index (χ4v) is 1.90. The predicted molar refractivity (Wildman–Crippen MR) is 63.3 cm³/mol. The maximum absolute atomic E-state index is 5.36. The van der Waals surface area contributed by atoms with E-state index in [-0.39, 0.29) is 0 Å². The predicted octanol–water partition coefficient (Wildman–Crippen LogP) is 3.43. The van der Waals surface area contributed by atoms with Gasteiger partial charge in [0.05, 0.1) is 7.11 Å². The molecular formula is C14H16O. The van der Waals surface area contributed by atoms with Gasteiger partial charge >= 0.3 is 0 Å². The number of hydrogen-bond donors (Lipinski definition) is 0. The summed E-state index contributed by atoms with van der Waals surface area (Å²) in [6.45, 7) is 2.11. The molecular weight excluding hydrogens is 184 g/mol. The van der Waals surface area contributed by atoms with Gasteiger partial charge in [0.25, 0.3) is 0 Å². The van der Waals surface area contributed by atoms with Crippen LogP contribution in [0.15, 0.2) is 42.0 Å². The van der Waals surface area contributed by atoms with E-state index in [4.69, 9.17) is 4.74 Å². The zero-order chi connectivity index (χ0) is 10.7. The van der Waals surface area contributed by atoms with Gasteiger partial charge in [-0.05, 0) is 30.5 Å². The van der Waals surface area contributed by atoms with Crippen LogP contribution in [0, 0.1) is 6.92 Å². The molecule has 1 nitrogen and oxygen atoms in total. The first kappa shape index (κ1) is 10.0. The van der Waals surface area contributed by atoms with Gasteiger partial charge in [0.15, 0.2) is 0 Å². The van der Waals surface area contributed by atoms with Gasteiger partial charge in [0, 0.05) is 6.42 Å². The average Bonchev–Trinajstić information content (AvgIpc) is 2.71. The van der Waals surface area contributed by atoms with Crippen molar-refractivity contribution in [3.05, 3.63) is 53.1 Å². The van der Waals surface area contributed by atoms with Crippen LogP contribution in [0.4, 0.5) is 0 Å². The Morgan fingerprint density at radius 1 is 1.33 bits per heavy atom. The Morgan fingerprint density at radius 2 is 2.20 bits per heavy atom. The van der Waals surface area contributed by atoms with Crippen molar-refractivity contribution in [3.8, 4) is 5.75 Å². The summed E-state index contributed by atoms with van der Waals surface area (Å²) in [6.07, 6.45) is 8.70. The summed E-state index contributed by atoms with van der Waals surface area (Å²) in [6, 6.07) is 6.33. The van der Waals surface area contributed by atoms with E-state index in [0.29, 0.717) is 0 Å². The molecule has 0 bridgehead atoms. The Hall–Kier alpha value is -1.50. The lowest BCUT2D eigenvalue weighted by atomic mass is 10.0. The smallest absolute Gasteiger partial charge is 0.122 e. The maximum Gasteiger partial charge on any atom is 0.122 e. The van der Waals surface area contributed by atoms with Gasteiger partial charge in [-0.1, -0.05) is 35.9 Å². The lowest BCUT2D eigenvalue weighted by Crippen LogP contribution is -1.94. The van der Waals surface area contributed by atoms with Crippen molar-refractivity contribution < 1.29 is 4.74 Å². The molecule has 0 unspecified atom stereocenters. The zero-order valence-corrected chi connectivity index (χ0v) is 9.29. The van der Waals surface area contributed by atoms with E-state index < -0.39 is 0 Å². The van der Waals surface area contributed by atoms with Crippen LogP contribution in [-0.2, 0) is 6.42 Å². The number of hydrogen-bond acceptors (Lipinski definition) is 1. The summed E-state index contributed by atoms with van der Waals surface area (Å²) in [5, 5.41) is 0. The summed E-state index contributed by atoms with van der Waals surface area (Å²) in [4.78, 5) is 0. The third kappa shape index (κ3) is 2.30. The van der Waals surface area contributed by atoms with Gasteiger partial charge in [-0.2, -0.15) is 0 Å². The number of ether oxygens (including phenoxy) is 1. The van der Waals surface area contributed by atoms with E-state index >= 15 is 0 Å². The van der Waals surface area contributed by atoms with E-state index in [1.165, 1.54) is 16.7 Å².